The summed E-state index contributed by atoms with van der Waals surface area (Å²) < 4.78 is 9.94. The molecule has 110 valence electrons. The zero-order valence-corrected chi connectivity index (χ0v) is 11.8. The summed E-state index contributed by atoms with van der Waals surface area (Å²) in [5.74, 6) is -0.391. The van der Waals surface area contributed by atoms with Gasteiger partial charge in [0.05, 0.1) is 6.26 Å². The molecule has 0 fully saturated rings. The second kappa shape index (κ2) is 6.71. The van der Waals surface area contributed by atoms with Gasteiger partial charge in [0.15, 0.2) is 5.76 Å². The number of amides is 2. The molecule has 6 heteroatoms. The molecule has 0 radical (unpaired) electrons. The lowest BCUT2D eigenvalue weighted by molar-refractivity contribution is -0.124. The fraction of sp³-hybridized carbons (Fsp3) is 0.200. The Balaban J connectivity index is 2.04. The van der Waals surface area contributed by atoms with Gasteiger partial charge < -0.3 is 19.8 Å². The van der Waals surface area contributed by atoms with Crippen LogP contribution in [0.1, 0.15) is 17.5 Å². The van der Waals surface area contributed by atoms with E-state index in [9.17, 15) is 9.59 Å². The quantitative estimate of drug-likeness (QED) is 0.885. The van der Waals surface area contributed by atoms with Crippen molar-refractivity contribution in [1.82, 2.24) is 0 Å². The number of nitrogens with one attached hydrogen (secondary N) is 2. The number of ether oxygens (including phenoxy) is 1. The van der Waals surface area contributed by atoms with Crippen molar-refractivity contribution in [2.75, 3.05) is 17.7 Å². The standard InChI is InChI=1S/C15H16N2O4/c1-10(20-2)14(18)16-11-5-3-6-12(9-11)17-15(19)13-7-4-8-21-13/h3-10H,1-2H3,(H,16,18)(H,17,19). The molecule has 1 atom stereocenters. The molecule has 2 N–H and O–H groups in total. The maximum atomic E-state index is 11.9. The van der Waals surface area contributed by atoms with E-state index in [1.54, 1.807) is 43.3 Å². The SMILES string of the molecule is COC(C)C(=O)Nc1cccc(NC(=O)c2ccco2)c1. The van der Waals surface area contributed by atoms with E-state index in [0.29, 0.717) is 11.4 Å². The predicted molar refractivity (Wildman–Crippen MR) is 78.2 cm³/mol. The van der Waals surface area contributed by atoms with E-state index in [0.717, 1.165) is 0 Å². The molecule has 1 heterocycles. The zero-order chi connectivity index (χ0) is 15.2. The number of hydrogen-bond donors (Lipinski definition) is 2. The van der Waals surface area contributed by atoms with E-state index in [2.05, 4.69) is 10.6 Å². The molecule has 2 aromatic rings. The molecule has 0 aliphatic carbocycles. The van der Waals surface area contributed by atoms with Crippen molar-refractivity contribution in [3.8, 4) is 0 Å². The third-order valence-corrected chi connectivity index (χ3v) is 2.86. The van der Waals surface area contributed by atoms with Gasteiger partial charge in [0.1, 0.15) is 6.10 Å². The molecule has 2 rings (SSSR count). The summed E-state index contributed by atoms with van der Waals surface area (Å²) in [7, 11) is 1.46. The Bertz CT molecular complexity index is 622. The van der Waals surface area contributed by atoms with Crippen molar-refractivity contribution in [3.05, 3.63) is 48.4 Å². The van der Waals surface area contributed by atoms with E-state index < -0.39 is 6.10 Å². The van der Waals surface area contributed by atoms with E-state index >= 15 is 0 Å². The Morgan fingerprint density at radius 1 is 1.14 bits per heavy atom. The van der Waals surface area contributed by atoms with Crippen molar-refractivity contribution in [1.29, 1.82) is 0 Å². The van der Waals surface area contributed by atoms with Crippen LogP contribution >= 0.6 is 0 Å². The highest BCUT2D eigenvalue weighted by atomic mass is 16.5. The van der Waals surface area contributed by atoms with Crippen LogP contribution in [0.2, 0.25) is 0 Å². The predicted octanol–water partition coefficient (Wildman–Crippen LogP) is 2.51. The van der Waals surface area contributed by atoms with Crippen molar-refractivity contribution in [2.24, 2.45) is 0 Å². The molecule has 0 bridgehead atoms. The highest BCUT2D eigenvalue weighted by Gasteiger charge is 2.12. The van der Waals surface area contributed by atoms with E-state index in [1.807, 2.05) is 0 Å². The maximum absolute atomic E-state index is 11.9. The van der Waals surface area contributed by atoms with Gasteiger partial charge in [0, 0.05) is 18.5 Å². The average Bonchev–Trinajstić information content (AvgIpc) is 3.01. The van der Waals surface area contributed by atoms with Crippen LogP contribution < -0.4 is 10.6 Å². The molecular formula is C15H16N2O4. The highest BCUT2D eigenvalue weighted by Crippen LogP contribution is 2.16. The van der Waals surface area contributed by atoms with Crippen LogP contribution in [-0.2, 0) is 9.53 Å². The van der Waals surface area contributed by atoms with Crippen LogP contribution in [0.25, 0.3) is 0 Å². The summed E-state index contributed by atoms with van der Waals surface area (Å²) in [6, 6.07) is 10.0. The second-order valence-electron chi connectivity index (χ2n) is 4.38. The molecule has 1 aromatic heterocycles. The van der Waals surface area contributed by atoms with Crippen LogP contribution in [0.4, 0.5) is 11.4 Å². The van der Waals surface area contributed by atoms with Gasteiger partial charge >= 0.3 is 0 Å². The third-order valence-electron chi connectivity index (χ3n) is 2.86. The average molecular weight is 288 g/mol. The molecule has 0 saturated carbocycles. The molecule has 2 amide bonds. The van der Waals surface area contributed by atoms with Crippen LogP contribution in [0.15, 0.2) is 47.1 Å². The number of furan rings is 1. The molecule has 21 heavy (non-hydrogen) atoms. The molecule has 0 saturated heterocycles. The summed E-state index contributed by atoms with van der Waals surface area (Å²) in [6.07, 6.45) is 0.879. The van der Waals surface area contributed by atoms with Gasteiger partial charge in [0.25, 0.3) is 11.8 Å². The summed E-state index contributed by atoms with van der Waals surface area (Å²) in [5, 5.41) is 5.39. The summed E-state index contributed by atoms with van der Waals surface area (Å²) in [5.41, 5.74) is 1.13. The van der Waals surface area contributed by atoms with Crippen molar-refractivity contribution < 1.29 is 18.7 Å². The number of carbonyl (C=O) groups excluding carboxylic acids is 2. The first-order valence-corrected chi connectivity index (χ1v) is 6.38. The fourth-order valence-corrected chi connectivity index (χ4v) is 1.63. The number of hydrogen-bond acceptors (Lipinski definition) is 4. The Morgan fingerprint density at radius 2 is 1.86 bits per heavy atom. The van der Waals surface area contributed by atoms with Gasteiger partial charge in [-0.3, -0.25) is 9.59 Å². The second-order valence-corrected chi connectivity index (χ2v) is 4.38. The number of benzene rings is 1. The lowest BCUT2D eigenvalue weighted by Gasteiger charge is -2.11. The lowest BCUT2D eigenvalue weighted by atomic mass is 10.2. The molecule has 1 unspecified atom stereocenters. The van der Waals surface area contributed by atoms with E-state index in [4.69, 9.17) is 9.15 Å². The molecule has 0 spiro atoms. The first-order valence-electron chi connectivity index (χ1n) is 6.38. The topological polar surface area (TPSA) is 80.6 Å². The minimum atomic E-state index is -0.550. The smallest absolute Gasteiger partial charge is 0.291 e. The van der Waals surface area contributed by atoms with E-state index in [1.165, 1.54) is 13.4 Å². The monoisotopic (exact) mass is 288 g/mol. The largest absolute Gasteiger partial charge is 0.459 e. The fourth-order valence-electron chi connectivity index (χ4n) is 1.63. The Kier molecular flexibility index (Phi) is 4.73. The molecular weight excluding hydrogens is 272 g/mol. The van der Waals surface area contributed by atoms with Gasteiger partial charge in [-0.25, -0.2) is 0 Å². The lowest BCUT2D eigenvalue weighted by Crippen LogP contribution is -2.26. The Hall–Kier alpha value is -2.60. The first-order chi connectivity index (χ1) is 10.1. The van der Waals surface area contributed by atoms with Gasteiger partial charge in [-0.05, 0) is 37.3 Å². The molecule has 6 nitrogen and oxygen atoms in total. The Labute approximate surface area is 122 Å². The number of carbonyl (C=O) groups is 2. The molecule has 1 aromatic carbocycles. The van der Waals surface area contributed by atoms with Crippen molar-refractivity contribution >= 4 is 23.2 Å². The highest BCUT2D eigenvalue weighted by molar-refractivity contribution is 6.02. The minimum Gasteiger partial charge on any atom is -0.459 e. The zero-order valence-electron chi connectivity index (χ0n) is 11.8. The minimum absolute atomic E-state index is 0.220. The van der Waals surface area contributed by atoms with Crippen molar-refractivity contribution in [2.45, 2.75) is 13.0 Å². The van der Waals surface area contributed by atoms with Gasteiger partial charge in [-0.15, -0.1) is 0 Å². The number of methoxy groups -OCH3 is 1. The number of rotatable bonds is 5. The van der Waals surface area contributed by atoms with Crippen LogP contribution in [-0.4, -0.2) is 25.0 Å². The molecule has 0 aliphatic heterocycles. The summed E-state index contributed by atoms with van der Waals surface area (Å²) in [6.45, 7) is 1.65. The van der Waals surface area contributed by atoms with Gasteiger partial charge in [-0.1, -0.05) is 6.07 Å². The summed E-state index contributed by atoms with van der Waals surface area (Å²) >= 11 is 0. The number of anilines is 2. The van der Waals surface area contributed by atoms with Gasteiger partial charge in [0.2, 0.25) is 0 Å². The third kappa shape index (κ3) is 3.93. The first kappa shape index (κ1) is 14.8. The Morgan fingerprint density at radius 3 is 2.48 bits per heavy atom. The van der Waals surface area contributed by atoms with Crippen LogP contribution in [0, 0.1) is 0 Å². The van der Waals surface area contributed by atoms with Crippen LogP contribution in [0.3, 0.4) is 0 Å². The molecule has 0 aliphatic rings. The van der Waals surface area contributed by atoms with E-state index in [-0.39, 0.29) is 17.6 Å². The van der Waals surface area contributed by atoms with Gasteiger partial charge in [-0.2, -0.15) is 0 Å². The van der Waals surface area contributed by atoms with Crippen molar-refractivity contribution in [3.63, 3.8) is 0 Å². The normalized spacial score (nSPS) is 11.7. The van der Waals surface area contributed by atoms with Crippen LogP contribution in [0.5, 0.6) is 0 Å². The maximum Gasteiger partial charge on any atom is 0.291 e. The summed E-state index contributed by atoms with van der Waals surface area (Å²) in [4.78, 5) is 23.6.